The van der Waals surface area contributed by atoms with E-state index in [0.29, 0.717) is 13.0 Å². The summed E-state index contributed by atoms with van der Waals surface area (Å²) in [5.41, 5.74) is 8.03. The second-order valence-electron chi connectivity index (χ2n) is 4.41. The van der Waals surface area contributed by atoms with Crippen molar-refractivity contribution in [1.29, 1.82) is 0 Å². The van der Waals surface area contributed by atoms with Crippen LogP contribution in [0.25, 0.3) is 0 Å². The molecule has 3 heteroatoms. The van der Waals surface area contributed by atoms with Crippen LogP contribution in [0.15, 0.2) is 18.2 Å². The zero-order chi connectivity index (χ0) is 12.7. The number of ether oxygens (including phenoxy) is 1. The van der Waals surface area contributed by atoms with Gasteiger partial charge in [-0.15, -0.1) is 0 Å². The van der Waals surface area contributed by atoms with E-state index in [1.54, 1.807) is 0 Å². The van der Waals surface area contributed by atoms with Crippen molar-refractivity contribution in [3.63, 3.8) is 0 Å². The van der Waals surface area contributed by atoms with Crippen LogP contribution in [0.3, 0.4) is 0 Å². The van der Waals surface area contributed by atoms with Crippen molar-refractivity contribution in [3.8, 4) is 5.75 Å². The summed E-state index contributed by atoms with van der Waals surface area (Å²) >= 11 is 0. The largest absolute Gasteiger partial charge is 0.493 e. The lowest BCUT2D eigenvalue weighted by Gasteiger charge is -2.12. The first-order valence-corrected chi connectivity index (χ1v) is 6.20. The first-order valence-electron chi connectivity index (χ1n) is 6.20. The number of unbranched alkanes of at least 4 members (excludes halogenated alkanes) is 2. The van der Waals surface area contributed by atoms with E-state index in [-0.39, 0.29) is 12.7 Å². The standard InChI is InChI=1S/C14H22FNO/c1-11-10-13(12(2)16)6-7-14(11)17-9-5-3-4-8-15/h6-7,10,12H,3-5,8-9,16H2,1-2H3/t12-/m0/s1. The Morgan fingerprint density at radius 2 is 2.06 bits per heavy atom. The number of hydrogen-bond donors (Lipinski definition) is 1. The van der Waals surface area contributed by atoms with Gasteiger partial charge in [-0.2, -0.15) is 0 Å². The maximum absolute atomic E-state index is 11.9. The smallest absolute Gasteiger partial charge is 0.122 e. The molecule has 0 saturated heterocycles. The average molecular weight is 239 g/mol. The monoisotopic (exact) mass is 239 g/mol. The molecule has 96 valence electrons. The Labute approximate surface area is 103 Å². The second kappa shape index (κ2) is 7.28. The van der Waals surface area contributed by atoms with Crippen LogP contribution in [0.5, 0.6) is 5.75 Å². The zero-order valence-electron chi connectivity index (χ0n) is 10.7. The Kier molecular flexibility index (Phi) is 5.98. The lowest BCUT2D eigenvalue weighted by atomic mass is 10.1. The predicted octanol–water partition coefficient (Wildman–Crippen LogP) is 3.53. The van der Waals surface area contributed by atoms with Crippen molar-refractivity contribution < 1.29 is 9.13 Å². The lowest BCUT2D eigenvalue weighted by molar-refractivity contribution is 0.299. The fourth-order valence-electron chi connectivity index (χ4n) is 1.67. The molecule has 0 aromatic heterocycles. The fraction of sp³-hybridized carbons (Fsp3) is 0.571. The molecule has 0 spiro atoms. The van der Waals surface area contributed by atoms with Crippen molar-refractivity contribution in [2.75, 3.05) is 13.3 Å². The molecule has 17 heavy (non-hydrogen) atoms. The summed E-state index contributed by atoms with van der Waals surface area (Å²) in [5.74, 6) is 0.898. The number of halogens is 1. The van der Waals surface area contributed by atoms with E-state index < -0.39 is 0 Å². The van der Waals surface area contributed by atoms with Gasteiger partial charge in [0.15, 0.2) is 0 Å². The van der Waals surface area contributed by atoms with Gasteiger partial charge in [-0.25, -0.2) is 0 Å². The second-order valence-corrected chi connectivity index (χ2v) is 4.41. The van der Waals surface area contributed by atoms with E-state index in [1.807, 2.05) is 26.0 Å². The zero-order valence-corrected chi connectivity index (χ0v) is 10.7. The molecule has 2 nitrogen and oxygen atoms in total. The van der Waals surface area contributed by atoms with Gasteiger partial charge < -0.3 is 10.5 Å². The highest BCUT2D eigenvalue weighted by atomic mass is 19.1. The molecular formula is C14H22FNO. The van der Waals surface area contributed by atoms with Crippen LogP contribution in [0, 0.1) is 6.92 Å². The Hall–Kier alpha value is -1.09. The Balaban J connectivity index is 2.43. The number of aryl methyl sites for hydroxylation is 1. The summed E-state index contributed by atoms with van der Waals surface area (Å²) in [6.07, 6.45) is 2.41. The van der Waals surface area contributed by atoms with Gasteiger partial charge in [0.05, 0.1) is 13.3 Å². The normalized spacial score (nSPS) is 12.5. The van der Waals surface area contributed by atoms with Crippen LogP contribution in [0.4, 0.5) is 4.39 Å². The highest BCUT2D eigenvalue weighted by Gasteiger charge is 2.04. The quantitative estimate of drug-likeness (QED) is 0.739. The van der Waals surface area contributed by atoms with Gasteiger partial charge in [-0.05, 0) is 50.3 Å². The van der Waals surface area contributed by atoms with Gasteiger partial charge >= 0.3 is 0 Å². The Morgan fingerprint density at radius 3 is 2.65 bits per heavy atom. The van der Waals surface area contributed by atoms with Gasteiger partial charge in [-0.3, -0.25) is 4.39 Å². The number of alkyl halides is 1. The third-order valence-corrected chi connectivity index (χ3v) is 2.76. The summed E-state index contributed by atoms with van der Waals surface area (Å²) in [6, 6.07) is 6.06. The van der Waals surface area contributed by atoms with Gasteiger partial charge in [0.2, 0.25) is 0 Å². The van der Waals surface area contributed by atoms with E-state index in [0.717, 1.165) is 29.7 Å². The summed E-state index contributed by atoms with van der Waals surface area (Å²) in [5, 5.41) is 0. The predicted molar refractivity (Wildman–Crippen MR) is 69.1 cm³/mol. The van der Waals surface area contributed by atoms with Crippen LogP contribution in [0.2, 0.25) is 0 Å². The lowest BCUT2D eigenvalue weighted by Crippen LogP contribution is -2.06. The fourth-order valence-corrected chi connectivity index (χ4v) is 1.67. The molecule has 0 saturated carbocycles. The minimum Gasteiger partial charge on any atom is -0.493 e. The Morgan fingerprint density at radius 1 is 1.29 bits per heavy atom. The number of rotatable bonds is 7. The van der Waals surface area contributed by atoms with Gasteiger partial charge in [0.25, 0.3) is 0 Å². The van der Waals surface area contributed by atoms with E-state index in [2.05, 4.69) is 6.07 Å². The van der Waals surface area contributed by atoms with Crippen LogP contribution >= 0.6 is 0 Å². The van der Waals surface area contributed by atoms with E-state index >= 15 is 0 Å². The summed E-state index contributed by atoms with van der Waals surface area (Å²) in [6.45, 7) is 4.40. The van der Waals surface area contributed by atoms with Crippen molar-refractivity contribution in [2.45, 2.75) is 39.2 Å². The average Bonchev–Trinajstić information content (AvgIpc) is 2.30. The molecule has 0 unspecified atom stereocenters. The molecule has 0 bridgehead atoms. The molecule has 0 aliphatic carbocycles. The van der Waals surface area contributed by atoms with Crippen LogP contribution < -0.4 is 10.5 Å². The third-order valence-electron chi connectivity index (χ3n) is 2.76. The van der Waals surface area contributed by atoms with Gasteiger partial charge in [-0.1, -0.05) is 12.1 Å². The van der Waals surface area contributed by atoms with Crippen LogP contribution in [0.1, 0.15) is 43.4 Å². The molecule has 0 fully saturated rings. The number of benzene rings is 1. The van der Waals surface area contributed by atoms with Crippen molar-refractivity contribution in [1.82, 2.24) is 0 Å². The van der Waals surface area contributed by atoms with Gasteiger partial charge in [0.1, 0.15) is 5.75 Å². The first kappa shape index (κ1) is 14.0. The first-order chi connectivity index (χ1) is 8.15. The highest BCUT2D eigenvalue weighted by molar-refractivity contribution is 5.37. The van der Waals surface area contributed by atoms with E-state index in [4.69, 9.17) is 10.5 Å². The maximum atomic E-state index is 11.9. The Bertz CT molecular complexity index is 339. The molecule has 0 heterocycles. The minimum atomic E-state index is -0.234. The SMILES string of the molecule is Cc1cc([C@H](C)N)ccc1OCCCCCF. The molecule has 1 atom stereocenters. The molecule has 1 aromatic carbocycles. The maximum Gasteiger partial charge on any atom is 0.122 e. The number of hydrogen-bond acceptors (Lipinski definition) is 2. The third kappa shape index (κ3) is 4.73. The van der Waals surface area contributed by atoms with E-state index in [1.165, 1.54) is 0 Å². The molecule has 0 aliphatic rings. The molecule has 1 aromatic rings. The summed E-state index contributed by atoms with van der Waals surface area (Å²) < 4.78 is 17.5. The minimum absolute atomic E-state index is 0.0484. The summed E-state index contributed by atoms with van der Waals surface area (Å²) in [7, 11) is 0. The van der Waals surface area contributed by atoms with Gasteiger partial charge in [0, 0.05) is 6.04 Å². The van der Waals surface area contributed by atoms with Crippen molar-refractivity contribution >= 4 is 0 Å². The highest BCUT2D eigenvalue weighted by Crippen LogP contribution is 2.22. The topological polar surface area (TPSA) is 35.2 Å². The van der Waals surface area contributed by atoms with Crippen LogP contribution in [-0.4, -0.2) is 13.3 Å². The number of nitrogens with two attached hydrogens (primary N) is 1. The molecule has 0 aliphatic heterocycles. The molecule has 0 radical (unpaired) electrons. The molecule has 0 amide bonds. The molecule has 1 rings (SSSR count). The summed E-state index contributed by atoms with van der Waals surface area (Å²) in [4.78, 5) is 0. The molecule has 2 N–H and O–H groups in total. The molecular weight excluding hydrogens is 217 g/mol. The van der Waals surface area contributed by atoms with E-state index in [9.17, 15) is 4.39 Å². The van der Waals surface area contributed by atoms with Crippen molar-refractivity contribution in [2.24, 2.45) is 5.73 Å². The van der Waals surface area contributed by atoms with Crippen molar-refractivity contribution in [3.05, 3.63) is 29.3 Å². The van der Waals surface area contributed by atoms with Crippen LogP contribution in [-0.2, 0) is 0 Å².